The maximum Gasteiger partial charge on any atom is 0.267 e. The van der Waals surface area contributed by atoms with Crippen LogP contribution in [0, 0.1) is 19.8 Å². The number of piperidine rings is 1. The monoisotopic (exact) mass is 405 g/mol. The van der Waals surface area contributed by atoms with Crippen LogP contribution in [0.3, 0.4) is 0 Å². The van der Waals surface area contributed by atoms with Crippen LogP contribution in [0.1, 0.15) is 24.0 Å². The van der Waals surface area contributed by atoms with Gasteiger partial charge in [0.05, 0.1) is 17.4 Å². The van der Waals surface area contributed by atoms with Gasteiger partial charge in [-0.05, 0) is 68.0 Å². The number of likely N-dealkylation sites (tertiary alicyclic amines) is 1. The van der Waals surface area contributed by atoms with Crippen LogP contribution in [0.5, 0.6) is 11.5 Å². The summed E-state index contributed by atoms with van der Waals surface area (Å²) in [6, 6.07) is 11.9. The summed E-state index contributed by atoms with van der Waals surface area (Å²) in [5.41, 5.74) is 4.82. The molecule has 1 atom stereocenters. The zero-order valence-corrected chi connectivity index (χ0v) is 17.5. The lowest BCUT2D eigenvalue weighted by Crippen LogP contribution is -2.49. The van der Waals surface area contributed by atoms with Crippen LogP contribution in [-0.4, -0.2) is 46.2 Å². The summed E-state index contributed by atoms with van der Waals surface area (Å²) in [7, 11) is 0. The number of aromatic nitrogens is 2. The van der Waals surface area contributed by atoms with Crippen LogP contribution in [0.4, 0.5) is 0 Å². The molecule has 1 aromatic heterocycles. The van der Waals surface area contributed by atoms with Crippen molar-refractivity contribution in [3.05, 3.63) is 53.9 Å². The molecule has 6 heteroatoms. The number of benzene rings is 2. The zero-order chi connectivity index (χ0) is 20.7. The molecule has 0 aliphatic carbocycles. The van der Waals surface area contributed by atoms with Crippen molar-refractivity contribution in [1.82, 2.24) is 14.5 Å². The molecular weight excluding hydrogens is 378 g/mol. The van der Waals surface area contributed by atoms with Gasteiger partial charge in [-0.15, -0.1) is 0 Å². The maximum absolute atomic E-state index is 12.9. The summed E-state index contributed by atoms with van der Waals surface area (Å²) in [4.78, 5) is 19.4. The van der Waals surface area contributed by atoms with Gasteiger partial charge in [0.25, 0.3) is 5.91 Å². The lowest BCUT2D eigenvalue weighted by molar-refractivity contribution is -0.142. The van der Waals surface area contributed by atoms with Crippen molar-refractivity contribution < 1.29 is 14.3 Å². The molecule has 1 saturated heterocycles. The molecular formula is C24H27N3O3. The summed E-state index contributed by atoms with van der Waals surface area (Å²) in [5, 5.41) is 0. The number of hydrogen-bond acceptors (Lipinski definition) is 4. The summed E-state index contributed by atoms with van der Waals surface area (Å²) < 4.78 is 13.9. The highest BCUT2D eigenvalue weighted by atomic mass is 16.6. The molecule has 30 heavy (non-hydrogen) atoms. The number of rotatable bonds is 3. The lowest BCUT2D eigenvalue weighted by Gasteiger charge is -2.35. The standard InChI is InChI=1S/C24H27N3O3/c1-16-11-19-20(12-17(16)2)27(15-25-19)13-18-7-9-26(10-8-18)24(28)23-14-29-21-5-3-4-6-22(21)30-23/h3-6,11-12,15,18,23H,7-10,13-14H2,1-2H3. The van der Waals surface area contributed by atoms with Crippen LogP contribution in [-0.2, 0) is 11.3 Å². The molecule has 2 aliphatic rings. The van der Waals surface area contributed by atoms with E-state index < -0.39 is 6.10 Å². The van der Waals surface area contributed by atoms with Gasteiger partial charge in [0, 0.05) is 19.6 Å². The Bertz CT molecular complexity index is 1080. The topological polar surface area (TPSA) is 56.6 Å². The van der Waals surface area contributed by atoms with Crippen LogP contribution in [0.2, 0.25) is 0 Å². The number of nitrogens with zero attached hydrogens (tertiary/aromatic N) is 3. The third-order valence-electron chi connectivity index (χ3n) is 6.40. The van der Waals surface area contributed by atoms with E-state index in [9.17, 15) is 4.79 Å². The Balaban J connectivity index is 1.20. The van der Waals surface area contributed by atoms with E-state index in [0.717, 1.165) is 38.0 Å². The second-order valence-corrected chi connectivity index (χ2v) is 8.46. The average Bonchev–Trinajstić information content (AvgIpc) is 3.15. The van der Waals surface area contributed by atoms with Crippen molar-refractivity contribution in [3.8, 4) is 11.5 Å². The Labute approximate surface area is 176 Å². The van der Waals surface area contributed by atoms with E-state index in [-0.39, 0.29) is 12.5 Å². The minimum atomic E-state index is -0.555. The van der Waals surface area contributed by atoms with Crippen LogP contribution >= 0.6 is 0 Å². The molecule has 0 N–H and O–H groups in total. The van der Waals surface area contributed by atoms with Gasteiger partial charge >= 0.3 is 0 Å². The number of imidazole rings is 1. The molecule has 156 valence electrons. The Kier molecular flexibility index (Phi) is 4.85. The predicted octanol–water partition coefficient (Wildman–Crippen LogP) is 3.73. The van der Waals surface area contributed by atoms with E-state index in [4.69, 9.17) is 9.47 Å². The molecule has 5 rings (SSSR count). The van der Waals surface area contributed by atoms with Crippen molar-refractivity contribution in [3.63, 3.8) is 0 Å². The second kappa shape index (κ2) is 7.67. The Morgan fingerprint density at radius 1 is 1.10 bits per heavy atom. The van der Waals surface area contributed by atoms with Crippen LogP contribution < -0.4 is 9.47 Å². The number of para-hydroxylation sites is 2. The molecule has 1 unspecified atom stereocenters. The van der Waals surface area contributed by atoms with Crippen LogP contribution in [0.25, 0.3) is 11.0 Å². The number of aryl methyl sites for hydroxylation is 2. The van der Waals surface area contributed by atoms with E-state index in [1.165, 1.54) is 16.6 Å². The van der Waals surface area contributed by atoms with Gasteiger partial charge in [0.1, 0.15) is 6.61 Å². The lowest BCUT2D eigenvalue weighted by atomic mass is 9.96. The Hall–Kier alpha value is -3.02. The Morgan fingerprint density at radius 2 is 1.83 bits per heavy atom. The smallest absolute Gasteiger partial charge is 0.267 e. The normalized spacial score (nSPS) is 19.3. The summed E-state index contributed by atoms with van der Waals surface area (Å²) in [6.45, 7) is 7.00. The first-order valence-electron chi connectivity index (χ1n) is 10.7. The minimum Gasteiger partial charge on any atom is -0.485 e. The largest absolute Gasteiger partial charge is 0.485 e. The van der Waals surface area contributed by atoms with Crippen molar-refractivity contribution in [2.45, 2.75) is 39.3 Å². The minimum absolute atomic E-state index is 0.0298. The molecule has 3 heterocycles. The molecule has 1 amide bonds. The molecule has 1 fully saturated rings. The van der Waals surface area contributed by atoms with E-state index in [1.54, 1.807) is 0 Å². The van der Waals surface area contributed by atoms with E-state index in [0.29, 0.717) is 17.4 Å². The van der Waals surface area contributed by atoms with Gasteiger partial charge in [-0.25, -0.2) is 4.98 Å². The SMILES string of the molecule is Cc1cc2ncn(CC3CCN(C(=O)C4COc5ccccc5O4)CC3)c2cc1C. The third-order valence-corrected chi connectivity index (χ3v) is 6.40. The second-order valence-electron chi connectivity index (χ2n) is 8.46. The average molecular weight is 405 g/mol. The number of fused-ring (bicyclic) bond motifs is 2. The first-order valence-corrected chi connectivity index (χ1v) is 10.7. The number of carbonyl (C=O) groups excluding carboxylic acids is 1. The zero-order valence-electron chi connectivity index (χ0n) is 17.5. The van der Waals surface area contributed by atoms with Crippen LogP contribution in [0.15, 0.2) is 42.7 Å². The summed E-state index contributed by atoms with van der Waals surface area (Å²) >= 11 is 0. The van der Waals surface area contributed by atoms with E-state index in [2.05, 4.69) is 35.5 Å². The fourth-order valence-electron chi connectivity index (χ4n) is 4.42. The van der Waals surface area contributed by atoms with Crippen molar-refractivity contribution in [2.24, 2.45) is 5.92 Å². The number of hydrogen-bond donors (Lipinski definition) is 0. The van der Waals surface area contributed by atoms with Gasteiger partial charge in [0.15, 0.2) is 11.5 Å². The van der Waals surface area contributed by atoms with Crippen molar-refractivity contribution in [2.75, 3.05) is 19.7 Å². The molecule has 3 aromatic rings. The summed E-state index contributed by atoms with van der Waals surface area (Å²) in [6.07, 6.45) is 3.37. The molecule has 2 aliphatic heterocycles. The van der Waals surface area contributed by atoms with Gasteiger partial charge in [-0.1, -0.05) is 12.1 Å². The van der Waals surface area contributed by atoms with E-state index >= 15 is 0 Å². The molecule has 0 radical (unpaired) electrons. The van der Waals surface area contributed by atoms with Gasteiger partial charge in [0.2, 0.25) is 6.10 Å². The molecule has 2 aromatic carbocycles. The van der Waals surface area contributed by atoms with Gasteiger partial charge < -0.3 is 18.9 Å². The van der Waals surface area contributed by atoms with Gasteiger partial charge in [-0.2, -0.15) is 0 Å². The predicted molar refractivity (Wildman–Crippen MR) is 115 cm³/mol. The van der Waals surface area contributed by atoms with Crippen molar-refractivity contribution >= 4 is 16.9 Å². The maximum atomic E-state index is 12.9. The van der Waals surface area contributed by atoms with E-state index in [1.807, 2.05) is 35.5 Å². The number of amides is 1. The highest BCUT2D eigenvalue weighted by molar-refractivity contribution is 5.82. The molecule has 0 spiro atoms. The molecule has 6 nitrogen and oxygen atoms in total. The van der Waals surface area contributed by atoms with Crippen molar-refractivity contribution in [1.29, 1.82) is 0 Å². The molecule has 0 saturated carbocycles. The fourth-order valence-corrected chi connectivity index (χ4v) is 4.42. The fraction of sp³-hybridized carbons (Fsp3) is 0.417. The number of ether oxygens (including phenoxy) is 2. The highest BCUT2D eigenvalue weighted by Gasteiger charge is 2.33. The quantitative estimate of drug-likeness (QED) is 0.666. The summed E-state index contributed by atoms with van der Waals surface area (Å²) in [5.74, 6) is 1.92. The van der Waals surface area contributed by atoms with Gasteiger partial charge in [-0.3, -0.25) is 4.79 Å². The Morgan fingerprint density at radius 3 is 2.63 bits per heavy atom. The third kappa shape index (κ3) is 3.51. The number of carbonyl (C=O) groups is 1. The molecule has 0 bridgehead atoms. The first kappa shape index (κ1) is 19.0. The first-order chi connectivity index (χ1) is 14.6. The highest BCUT2D eigenvalue weighted by Crippen LogP contribution is 2.32.